The van der Waals surface area contributed by atoms with Gasteiger partial charge in [-0.05, 0) is 30.7 Å². The van der Waals surface area contributed by atoms with Crippen LogP contribution in [0.1, 0.15) is 16.8 Å². The fourth-order valence-electron chi connectivity index (χ4n) is 3.05. The Morgan fingerprint density at radius 1 is 1.15 bits per heavy atom. The van der Waals surface area contributed by atoms with Gasteiger partial charge in [-0.25, -0.2) is 0 Å². The number of nitrogens with zero attached hydrogens (tertiary/aromatic N) is 2. The number of hydrogen-bond acceptors (Lipinski definition) is 3. The van der Waals surface area contributed by atoms with E-state index < -0.39 is 0 Å². The van der Waals surface area contributed by atoms with Gasteiger partial charge in [-0.3, -0.25) is 9.69 Å². The zero-order valence-corrected chi connectivity index (χ0v) is 12.3. The second kappa shape index (κ2) is 6.12. The summed E-state index contributed by atoms with van der Waals surface area (Å²) in [6.45, 7) is 6.00. The molecule has 2 heterocycles. The van der Waals surface area contributed by atoms with Gasteiger partial charge in [0.2, 0.25) is 0 Å². The van der Waals surface area contributed by atoms with Gasteiger partial charge in [0.25, 0.3) is 5.91 Å². The zero-order chi connectivity index (χ0) is 13.9. The molecule has 4 nitrogen and oxygen atoms in total. The predicted octanol–water partition coefficient (Wildman–Crippen LogP) is 1.46. The molecule has 0 radical (unpaired) electrons. The van der Waals surface area contributed by atoms with Gasteiger partial charge in [-0.2, -0.15) is 0 Å². The summed E-state index contributed by atoms with van der Waals surface area (Å²) in [5, 5.41) is 4.04. The van der Waals surface area contributed by atoms with Crippen LogP contribution in [-0.4, -0.2) is 61.0 Å². The first kappa shape index (κ1) is 13.9. The van der Waals surface area contributed by atoms with E-state index >= 15 is 0 Å². The van der Waals surface area contributed by atoms with E-state index in [0.29, 0.717) is 11.1 Å². The minimum absolute atomic E-state index is 0.124. The minimum Gasteiger partial charge on any atom is -0.337 e. The van der Waals surface area contributed by atoms with Crippen LogP contribution in [0.5, 0.6) is 0 Å². The summed E-state index contributed by atoms with van der Waals surface area (Å²) in [5.41, 5.74) is 0.732. The molecule has 108 valence electrons. The molecule has 0 aromatic heterocycles. The molecule has 2 aliphatic rings. The first-order valence-electron chi connectivity index (χ1n) is 7.23. The lowest BCUT2D eigenvalue weighted by atomic mass is 10.2. The lowest BCUT2D eigenvalue weighted by molar-refractivity contribution is 0.0773. The number of rotatable bonds is 2. The average Bonchev–Trinajstić information content (AvgIpc) is 2.98. The van der Waals surface area contributed by atoms with Crippen LogP contribution in [0.25, 0.3) is 0 Å². The Kier molecular flexibility index (Phi) is 4.24. The quantitative estimate of drug-likeness (QED) is 0.897. The highest BCUT2D eigenvalue weighted by Gasteiger charge is 2.31. The van der Waals surface area contributed by atoms with Gasteiger partial charge in [-0.1, -0.05) is 11.6 Å². The summed E-state index contributed by atoms with van der Waals surface area (Å²) in [7, 11) is 0. The van der Waals surface area contributed by atoms with Gasteiger partial charge < -0.3 is 10.2 Å². The normalized spacial score (nSPS) is 24.1. The number of hydrogen-bond donors (Lipinski definition) is 1. The Balaban J connectivity index is 1.61. The van der Waals surface area contributed by atoms with Crippen molar-refractivity contribution in [3.05, 3.63) is 34.9 Å². The van der Waals surface area contributed by atoms with Crippen LogP contribution in [0.15, 0.2) is 24.3 Å². The first-order valence-corrected chi connectivity index (χ1v) is 7.61. The number of nitrogens with one attached hydrogen (secondary N) is 1. The third kappa shape index (κ3) is 2.97. The van der Waals surface area contributed by atoms with Crippen LogP contribution >= 0.6 is 11.6 Å². The first-order chi connectivity index (χ1) is 9.74. The topological polar surface area (TPSA) is 35.6 Å². The van der Waals surface area contributed by atoms with Gasteiger partial charge in [-0.15, -0.1) is 0 Å². The monoisotopic (exact) mass is 293 g/mol. The van der Waals surface area contributed by atoms with Crippen molar-refractivity contribution < 1.29 is 4.79 Å². The van der Waals surface area contributed by atoms with Crippen molar-refractivity contribution in [2.24, 2.45) is 0 Å². The highest BCUT2D eigenvalue weighted by atomic mass is 35.5. The molecule has 3 rings (SSSR count). The molecule has 2 saturated heterocycles. The maximum Gasteiger partial charge on any atom is 0.253 e. The van der Waals surface area contributed by atoms with Gasteiger partial charge in [0.15, 0.2) is 0 Å². The summed E-state index contributed by atoms with van der Waals surface area (Å²) in [6, 6.07) is 7.69. The molecule has 1 aromatic carbocycles. The molecule has 20 heavy (non-hydrogen) atoms. The van der Waals surface area contributed by atoms with Crippen LogP contribution in [-0.2, 0) is 0 Å². The Bertz CT molecular complexity index is 471. The van der Waals surface area contributed by atoms with Crippen molar-refractivity contribution in [3.8, 4) is 0 Å². The van der Waals surface area contributed by atoms with Crippen LogP contribution in [0.3, 0.4) is 0 Å². The third-order valence-electron chi connectivity index (χ3n) is 4.21. The van der Waals surface area contributed by atoms with E-state index in [1.54, 1.807) is 12.1 Å². The van der Waals surface area contributed by atoms with Gasteiger partial charge in [0.1, 0.15) is 0 Å². The lowest BCUT2D eigenvalue weighted by Gasteiger charge is -2.32. The standard InChI is InChI=1S/C15H20ClN3O/c16-13-3-1-12(2-4-13)15(20)19-8-5-14(11-19)18-9-6-17-7-10-18/h1-4,14,17H,5-11H2/t14-/m1/s1. The van der Waals surface area contributed by atoms with Gasteiger partial charge >= 0.3 is 0 Å². The fourth-order valence-corrected chi connectivity index (χ4v) is 3.17. The number of carbonyl (C=O) groups is 1. The molecule has 1 aromatic rings. The Labute approximate surface area is 124 Å². The second-order valence-corrected chi connectivity index (χ2v) is 5.92. The van der Waals surface area contributed by atoms with E-state index in [-0.39, 0.29) is 5.91 Å². The molecule has 0 unspecified atom stereocenters. The zero-order valence-electron chi connectivity index (χ0n) is 11.5. The molecule has 1 amide bonds. The van der Waals surface area contributed by atoms with Crippen molar-refractivity contribution in [1.29, 1.82) is 0 Å². The maximum atomic E-state index is 12.4. The number of piperazine rings is 1. The van der Waals surface area contributed by atoms with Gasteiger partial charge in [0, 0.05) is 55.9 Å². The second-order valence-electron chi connectivity index (χ2n) is 5.49. The van der Waals surface area contributed by atoms with Crippen LogP contribution in [0.2, 0.25) is 5.02 Å². The van der Waals surface area contributed by atoms with E-state index in [4.69, 9.17) is 11.6 Å². The van der Waals surface area contributed by atoms with Crippen molar-refractivity contribution >= 4 is 17.5 Å². The predicted molar refractivity (Wildman–Crippen MR) is 80.2 cm³/mol. The smallest absolute Gasteiger partial charge is 0.253 e. The fraction of sp³-hybridized carbons (Fsp3) is 0.533. The molecule has 2 aliphatic heterocycles. The molecule has 5 heteroatoms. The van der Waals surface area contributed by atoms with E-state index in [2.05, 4.69) is 10.2 Å². The molecular weight excluding hydrogens is 274 g/mol. The van der Waals surface area contributed by atoms with E-state index in [0.717, 1.165) is 51.3 Å². The SMILES string of the molecule is O=C(c1ccc(Cl)cc1)N1CC[C@@H](N2CCNCC2)C1. The number of carbonyl (C=O) groups excluding carboxylic acids is 1. The van der Waals surface area contributed by atoms with Crippen LogP contribution < -0.4 is 5.32 Å². The number of amides is 1. The molecule has 0 aliphatic carbocycles. The van der Waals surface area contributed by atoms with E-state index in [1.165, 1.54) is 0 Å². The molecular formula is C15H20ClN3O. The van der Waals surface area contributed by atoms with Crippen molar-refractivity contribution in [2.75, 3.05) is 39.3 Å². The van der Waals surface area contributed by atoms with Crippen molar-refractivity contribution in [2.45, 2.75) is 12.5 Å². The van der Waals surface area contributed by atoms with Crippen molar-refractivity contribution in [1.82, 2.24) is 15.1 Å². The summed E-state index contributed by atoms with van der Waals surface area (Å²) < 4.78 is 0. The summed E-state index contributed by atoms with van der Waals surface area (Å²) in [5.74, 6) is 0.124. The van der Waals surface area contributed by atoms with Crippen molar-refractivity contribution in [3.63, 3.8) is 0 Å². The Hall–Kier alpha value is -1.10. The average molecular weight is 294 g/mol. The highest BCUT2D eigenvalue weighted by molar-refractivity contribution is 6.30. The Morgan fingerprint density at radius 3 is 2.55 bits per heavy atom. The maximum absolute atomic E-state index is 12.4. The molecule has 0 bridgehead atoms. The molecule has 0 spiro atoms. The third-order valence-corrected chi connectivity index (χ3v) is 4.46. The molecule has 1 atom stereocenters. The van der Waals surface area contributed by atoms with E-state index in [1.807, 2.05) is 17.0 Å². The number of likely N-dealkylation sites (tertiary alicyclic amines) is 1. The lowest BCUT2D eigenvalue weighted by Crippen LogP contribution is -2.49. The van der Waals surface area contributed by atoms with Gasteiger partial charge in [0.05, 0.1) is 0 Å². The molecule has 0 saturated carbocycles. The summed E-state index contributed by atoms with van der Waals surface area (Å²) in [6.07, 6.45) is 1.08. The van der Waals surface area contributed by atoms with Crippen LogP contribution in [0, 0.1) is 0 Å². The van der Waals surface area contributed by atoms with Crippen LogP contribution in [0.4, 0.5) is 0 Å². The molecule has 2 fully saturated rings. The molecule has 1 N–H and O–H groups in total. The largest absolute Gasteiger partial charge is 0.337 e. The summed E-state index contributed by atoms with van der Waals surface area (Å²) >= 11 is 5.86. The highest BCUT2D eigenvalue weighted by Crippen LogP contribution is 2.19. The summed E-state index contributed by atoms with van der Waals surface area (Å²) in [4.78, 5) is 16.9. The minimum atomic E-state index is 0.124. The Morgan fingerprint density at radius 2 is 1.85 bits per heavy atom. The number of halogens is 1. The van der Waals surface area contributed by atoms with E-state index in [9.17, 15) is 4.79 Å². The number of benzene rings is 1.